The molecule has 2 saturated heterocycles. The summed E-state index contributed by atoms with van der Waals surface area (Å²) in [5.41, 5.74) is 2.74. The van der Waals surface area contributed by atoms with Crippen LogP contribution in [0.5, 0.6) is 0 Å². The summed E-state index contributed by atoms with van der Waals surface area (Å²) in [4.78, 5) is 16.3. The number of nitrogens with one attached hydrogen (secondary N) is 2. The predicted molar refractivity (Wildman–Crippen MR) is 143 cm³/mol. The third-order valence-corrected chi connectivity index (χ3v) is 7.44. The number of likely N-dealkylation sites (N-methyl/N-ethyl adjacent to an activating group) is 1. The van der Waals surface area contributed by atoms with Gasteiger partial charge in [0, 0.05) is 38.3 Å². The van der Waals surface area contributed by atoms with Crippen molar-refractivity contribution in [1.29, 1.82) is 0 Å². The number of alkyl carbamates (subject to hydrolysis) is 1. The molecule has 6 heteroatoms. The molecule has 0 aliphatic carbocycles. The molecule has 0 bridgehead atoms. The first-order valence-corrected chi connectivity index (χ1v) is 13.0. The van der Waals surface area contributed by atoms with Crippen molar-refractivity contribution >= 4 is 6.09 Å². The van der Waals surface area contributed by atoms with Crippen molar-refractivity contribution < 1.29 is 9.53 Å². The van der Waals surface area contributed by atoms with Gasteiger partial charge in [-0.1, -0.05) is 74.5 Å². The number of carbonyl (C=O) groups excluding carboxylic acids is 1. The first kappa shape index (κ1) is 27.2. The Labute approximate surface area is 212 Å². The Balaban J connectivity index is 0.000000198. The quantitative estimate of drug-likeness (QED) is 0.643. The van der Waals surface area contributed by atoms with E-state index in [2.05, 4.69) is 101 Å². The van der Waals surface area contributed by atoms with Crippen molar-refractivity contribution in [3.63, 3.8) is 0 Å². The molecule has 0 aromatic heterocycles. The Hall–Kier alpha value is -2.41. The van der Waals surface area contributed by atoms with Crippen molar-refractivity contribution in [2.75, 3.05) is 40.3 Å². The van der Waals surface area contributed by atoms with Gasteiger partial charge in [-0.15, -0.1) is 0 Å². The molecular weight excluding hydrogens is 436 g/mol. The van der Waals surface area contributed by atoms with Crippen LogP contribution in [0.4, 0.5) is 4.79 Å². The lowest BCUT2D eigenvalue weighted by Crippen LogP contribution is -2.51. The monoisotopic (exact) mass is 480 g/mol. The van der Waals surface area contributed by atoms with E-state index in [0.29, 0.717) is 12.0 Å². The van der Waals surface area contributed by atoms with Gasteiger partial charge in [0.25, 0.3) is 0 Å². The summed E-state index contributed by atoms with van der Waals surface area (Å²) >= 11 is 0. The van der Waals surface area contributed by atoms with Crippen molar-refractivity contribution in [3.05, 3.63) is 71.8 Å². The van der Waals surface area contributed by atoms with Crippen LogP contribution in [0.1, 0.15) is 37.8 Å². The van der Waals surface area contributed by atoms with Crippen LogP contribution in [0, 0.1) is 11.8 Å². The highest BCUT2D eigenvalue weighted by Crippen LogP contribution is 2.20. The molecule has 2 fully saturated rings. The number of hydrogen-bond acceptors (Lipinski definition) is 5. The van der Waals surface area contributed by atoms with Crippen LogP contribution < -0.4 is 10.6 Å². The van der Waals surface area contributed by atoms with Gasteiger partial charge in [-0.3, -0.25) is 9.80 Å². The van der Waals surface area contributed by atoms with Crippen molar-refractivity contribution in [1.82, 2.24) is 20.4 Å². The first-order valence-electron chi connectivity index (χ1n) is 13.0. The molecule has 2 aromatic rings. The largest absolute Gasteiger partial charge is 0.453 e. The van der Waals surface area contributed by atoms with Gasteiger partial charge in [-0.05, 0) is 55.9 Å². The maximum atomic E-state index is 11.3. The number of carbonyl (C=O) groups is 1. The fourth-order valence-electron chi connectivity index (χ4n) is 5.02. The van der Waals surface area contributed by atoms with Crippen molar-refractivity contribution in [2.45, 2.75) is 51.9 Å². The number of hydrogen-bond donors (Lipinski definition) is 2. The van der Waals surface area contributed by atoms with Gasteiger partial charge in [-0.2, -0.15) is 0 Å². The predicted octanol–water partition coefficient (Wildman–Crippen LogP) is 4.37. The van der Waals surface area contributed by atoms with E-state index in [4.69, 9.17) is 0 Å². The molecule has 6 nitrogen and oxygen atoms in total. The van der Waals surface area contributed by atoms with E-state index in [1.54, 1.807) is 0 Å². The Morgan fingerprint density at radius 3 is 1.74 bits per heavy atom. The molecule has 0 radical (unpaired) electrons. The van der Waals surface area contributed by atoms with E-state index in [9.17, 15) is 4.79 Å². The van der Waals surface area contributed by atoms with E-state index in [1.165, 1.54) is 37.7 Å². The lowest BCUT2D eigenvalue weighted by Gasteiger charge is -2.37. The van der Waals surface area contributed by atoms with E-state index in [-0.39, 0.29) is 12.1 Å². The van der Waals surface area contributed by atoms with Gasteiger partial charge in [0.1, 0.15) is 0 Å². The van der Waals surface area contributed by atoms with Gasteiger partial charge in [0.15, 0.2) is 0 Å². The number of benzene rings is 2. The van der Waals surface area contributed by atoms with Crippen LogP contribution >= 0.6 is 0 Å². The third kappa shape index (κ3) is 8.95. The number of ether oxygens (including phenoxy) is 1. The Morgan fingerprint density at radius 2 is 1.29 bits per heavy atom. The summed E-state index contributed by atoms with van der Waals surface area (Å²) < 4.78 is 4.69. The second kappa shape index (κ2) is 14.2. The standard InChI is InChI=1S/C15H22N2O2.C14H22N2/c1-12-8-9-17(10-13-6-4-3-5-7-13)11-14(12)16-15(18)19-2;1-12-8-9-16(11-14(12)15-2)10-13-6-4-3-5-7-13/h3-7,12,14H,8-11H2,1-2H3,(H,16,18);3-7,12,14-15H,8-11H2,1-2H3/t2*12-,14+/m11/s1. The topological polar surface area (TPSA) is 56.8 Å². The zero-order valence-corrected chi connectivity index (χ0v) is 22.0. The highest BCUT2D eigenvalue weighted by atomic mass is 16.5. The number of amides is 1. The normalized spacial score (nSPS) is 25.3. The number of methoxy groups -OCH3 is 1. The Morgan fingerprint density at radius 1 is 0.829 bits per heavy atom. The highest BCUT2D eigenvalue weighted by Gasteiger charge is 2.27. The molecule has 1 amide bonds. The average molecular weight is 481 g/mol. The van der Waals surface area contributed by atoms with E-state index >= 15 is 0 Å². The Bertz CT molecular complexity index is 864. The number of rotatable bonds is 6. The summed E-state index contributed by atoms with van der Waals surface area (Å²) in [5, 5.41) is 6.36. The molecular formula is C29H44N4O2. The molecule has 2 heterocycles. The summed E-state index contributed by atoms with van der Waals surface area (Å²) in [6.45, 7) is 10.9. The Kier molecular flexibility index (Phi) is 11.0. The summed E-state index contributed by atoms with van der Waals surface area (Å²) in [5.74, 6) is 1.29. The number of likely N-dealkylation sites (tertiary alicyclic amines) is 2. The van der Waals surface area contributed by atoms with E-state index in [0.717, 1.165) is 38.5 Å². The smallest absolute Gasteiger partial charge is 0.407 e. The van der Waals surface area contributed by atoms with E-state index in [1.807, 2.05) is 6.07 Å². The molecule has 2 aliphatic heterocycles. The lowest BCUT2D eigenvalue weighted by molar-refractivity contribution is 0.123. The van der Waals surface area contributed by atoms with Gasteiger partial charge >= 0.3 is 6.09 Å². The maximum Gasteiger partial charge on any atom is 0.407 e. The fraction of sp³-hybridized carbons (Fsp3) is 0.552. The second-order valence-electron chi connectivity index (χ2n) is 10.1. The molecule has 0 unspecified atom stereocenters. The fourth-order valence-corrected chi connectivity index (χ4v) is 5.02. The molecule has 0 saturated carbocycles. The molecule has 35 heavy (non-hydrogen) atoms. The van der Waals surface area contributed by atoms with Crippen LogP contribution in [0.3, 0.4) is 0 Å². The molecule has 4 atom stereocenters. The van der Waals surface area contributed by atoms with Crippen LogP contribution in [-0.2, 0) is 17.8 Å². The molecule has 2 aromatic carbocycles. The molecule has 2 N–H and O–H groups in total. The van der Waals surface area contributed by atoms with Crippen LogP contribution in [0.15, 0.2) is 60.7 Å². The molecule has 192 valence electrons. The van der Waals surface area contributed by atoms with Crippen LogP contribution in [0.2, 0.25) is 0 Å². The minimum atomic E-state index is -0.335. The highest BCUT2D eigenvalue weighted by molar-refractivity contribution is 5.67. The van der Waals surface area contributed by atoms with Gasteiger partial charge in [-0.25, -0.2) is 4.79 Å². The zero-order valence-electron chi connectivity index (χ0n) is 22.0. The van der Waals surface area contributed by atoms with Crippen LogP contribution in [-0.4, -0.2) is 68.3 Å². The first-order chi connectivity index (χ1) is 17.0. The minimum absolute atomic E-state index is 0.171. The third-order valence-electron chi connectivity index (χ3n) is 7.44. The summed E-state index contributed by atoms with van der Waals surface area (Å²) in [6, 6.07) is 22.0. The summed E-state index contributed by atoms with van der Waals surface area (Å²) in [6.07, 6.45) is 2.07. The molecule has 2 aliphatic rings. The van der Waals surface area contributed by atoms with E-state index < -0.39 is 0 Å². The summed E-state index contributed by atoms with van der Waals surface area (Å²) in [7, 11) is 3.48. The molecule has 0 spiro atoms. The number of piperidine rings is 2. The zero-order chi connectivity index (χ0) is 25.0. The SMILES string of the molecule is CN[C@H]1CN(Cc2ccccc2)CC[C@H]1C.COC(=O)N[C@H]1CN(Cc2ccccc2)CC[C@H]1C. The maximum absolute atomic E-state index is 11.3. The lowest BCUT2D eigenvalue weighted by atomic mass is 9.93. The molecule has 4 rings (SSSR count). The van der Waals surface area contributed by atoms with Crippen molar-refractivity contribution in [2.24, 2.45) is 11.8 Å². The second-order valence-corrected chi connectivity index (χ2v) is 10.1. The van der Waals surface area contributed by atoms with Gasteiger partial charge in [0.05, 0.1) is 7.11 Å². The van der Waals surface area contributed by atoms with Crippen LogP contribution in [0.25, 0.3) is 0 Å². The minimum Gasteiger partial charge on any atom is -0.453 e. The van der Waals surface area contributed by atoms with Gasteiger partial charge in [0.2, 0.25) is 0 Å². The van der Waals surface area contributed by atoms with Gasteiger partial charge < -0.3 is 15.4 Å². The number of nitrogens with zero attached hydrogens (tertiary/aromatic N) is 2. The van der Waals surface area contributed by atoms with Crippen molar-refractivity contribution in [3.8, 4) is 0 Å². The average Bonchev–Trinajstić information content (AvgIpc) is 2.88.